The van der Waals surface area contributed by atoms with Crippen LogP contribution in [-0.2, 0) is 4.79 Å². The minimum atomic E-state index is -0.733. The van der Waals surface area contributed by atoms with Gasteiger partial charge in [-0.2, -0.15) is 0 Å². The molecule has 19 heavy (non-hydrogen) atoms. The standard InChI is InChI=1S/C12H16ClN3O3/c1-4-14-12(2,3)11(17)15-8-5-6-10(16(18)19)9(13)7-8/h5-7,14H,4H2,1-3H3,(H,15,17). The van der Waals surface area contributed by atoms with E-state index in [2.05, 4.69) is 10.6 Å². The number of anilines is 1. The Bertz CT molecular complexity index is 503. The Morgan fingerprint density at radius 3 is 2.58 bits per heavy atom. The van der Waals surface area contributed by atoms with Crippen LogP contribution in [0, 0.1) is 10.1 Å². The molecule has 6 nitrogen and oxygen atoms in total. The Morgan fingerprint density at radius 2 is 2.11 bits per heavy atom. The molecule has 0 bridgehead atoms. The summed E-state index contributed by atoms with van der Waals surface area (Å²) in [5.74, 6) is -0.237. The van der Waals surface area contributed by atoms with Gasteiger partial charge in [0.25, 0.3) is 5.69 Å². The van der Waals surface area contributed by atoms with Gasteiger partial charge in [0.05, 0.1) is 10.5 Å². The number of nitrogens with zero attached hydrogens (tertiary/aromatic N) is 1. The summed E-state index contributed by atoms with van der Waals surface area (Å²) in [6, 6.07) is 4.07. The molecule has 1 amide bonds. The highest BCUT2D eigenvalue weighted by atomic mass is 35.5. The second kappa shape index (κ2) is 5.99. The highest BCUT2D eigenvalue weighted by molar-refractivity contribution is 6.33. The van der Waals surface area contributed by atoms with Crippen molar-refractivity contribution in [3.8, 4) is 0 Å². The zero-order valence-corrected chi connectivity index (χ0v) is 11.7. The molecule has 0 heterocycles. The zero-order chi connectivity index (χ0) is 14.6. The van der Waals surface area contributed by atoms with E-state index in [9.17, 15) is 14.9 Å². The van der Waals surface area contributed by atoms with E-state index in [-0.39, 0.29) is 16.6 Å². The number of likely N-dealkylation sites (N-methyl/N-ethyl adjacent to an activating group) is 1. The molecule has 0 aliphatic heterocycles. The van der Waals surface area contributed by atoms with Crippen LogP contribution in [-0.4, -0.2) is 22.9 Å². The van der Waals surface area contributed by atoms with Crippen LogP contribution in [0.1, 0.15) is 20.8 Å². The average Bonchev–Trinajstić information content (AvgIpc) is 2.28. The molecule has 1 aromatic rings. The topological polar surface area (TPSA) is 84.3 Å². The maximum Gasteiger partial charge on any atom is 0.288 e. The summed E-state index contributed by atoms with van der Waals surface area (Å²) in [5, 5.41) is 16.3. The van der Waals surface area contributed by atoms with Crippen molar-refractivity contribution in [2.75, 3.05) is 11.9 Å². The highest BCUT2D eigenvalue weighted by Crippen LogP contribution is 2.27. The van der Waals surface area contributed by atoms with Crippen molar-refractivity contribution in [1.82, 2.24) is 5.32 Å². The lowest BCUT2D eigenvalue weighted by Crippen LogP contribution is -2.49. The Labute approximate surface area is 116 Å². The molecular weight excluding hydrogens is 270 g/mol. The van der Waals surface area contributed by atoms with Crippen molar-refractivity contribution in [1.29, 1.82) is 0 Å². The van der Waals surface area contributed by atoms with Gasteiger partial charge in [-0.1, -0.05) is 18.5 Å². The molecule has 1 rings (SSSR count). The Morgan fingerprint density at radius 1 is 1.47 bits per heavy atom. The number of nitro groups is 1. The van der Waals surface area contributed by atoms with Crippen LogP contribution in [0.25, 0.3) is 0 Å². The fraction of sp³-hybridized carbons (Fsp3) is 0.417. The molecule has 0 aliphatic rings. The number of nitro benzene ring substituents is 1. The molecule has 1 aromatic carbocycles. The molecule has 0 saturated heterocycles. The summed E-state index contributed by atoms with van der Waals surface area (Å²) in [4.78, 5) is 22.1. The normalized spacial score (nSPS) is 11.2. The third-order valence-electron chi connectivity index (χ3n) is 2.59. The smallest absolute Gasteiger partial charge is 0.288 e. The third kappa shape index (κ3) is 3.90. The number of amides is 1. The summed E-state index contributed by atoms with van der Waals surface area (Å²) in [5.41, 5.74) is -0.500. The lowest BCUT2D eigenvalue weighted by Gasteiger charge is -2.24. The van der Waals surface area contributed by atoms with Gasteiger partial charge >= 0.3 is 0 Å². The van der Waals surface area contributed by atoms with Crippen molar-refractivity contribution in [2.24, 2.45) is 0 Å². The van der Waals surface area contributed by atoms with E-state index in [4.69, 9.17) is 11.6 Å². The van der Waals surface area contributed by atoms with Crippen LogP contribution in [0.5, 0.6) is 0 Å². The molecular formula is C12H16ClN3O3. The van der Waals surface area contributed by atoms with Crippen molar-refractivity contribution in [2.45, 2.75) is 26.3 Å². The molecule has 0 atom stereocenters. The number of benzene rings is 1. The number of nitrogens with one attached hydrogen (secondary N) is 2. The summed E-state index contributed by atoms with van der Waals surface area (Å²) >= 11 is 5.77. The van der Waals surface area contributed by atoms with Gasteiger partial charge in [-0.3, -0.25) is 14.9 Å². The van der Waals surface area contributed by atoms with Gasteiger partial charge in [0.1, 0.15) is 5.02 Å². The minimum absolute atomic E-state index is 0.0101. The fourth-order valence-electron chi connectivity index (χ4n) is 1.54. The Kier molecular flexibility index (Phi) is 4.85. The average molecular weight is 286 g/mol. The molecule has 0 aliphatic carbocycles. The molecule has 0 saturated carbocycles. The van der Waals surface area contributed by atoms with Crippen LogP contribution < -0.4 is 10.6 Å². The first-order chi connectivity index (χ1) is 8.77. The van der Waals surface area contributed by atoms with Gasteiger partial charge in [0, 0.05) is 11.8 Å². The van der Waals surface area contributed by atoms with Crippen LogP contribution in [0.4, 0.5) is 11.4 Å². The van der Waals surface area contributed by atoms with E-state index in [0.29, 0.717) is 12.2 Å². The molecule has 7 heteroatoms. The first-order valence-electron chi connectivity index (χ1n) is 5.78. The number of hydrogen-bond acceptors (Lipinski definition) is 4. The first-order valence-corrected chi connectivity index (χ1v) is 6.16. The minimum Gasteiger partial charge on any atom is -0.324 e. The van der Waals surface area contributed by atoms with Crippen molar-refractivity contribution in [3.05, 3.63) is 33.3 Å². The summed E-state index contributed by atoms with van der Waals surface area (Å²) in [6.07, 6.45) is 0. The lowest BCUT2D eigenvalue weighted by atomic mass is 10.0. The Balaban J connectivity index is 2.87. The number of carbonyl (C=O) groups excluding carboxylic acids is 1. The number of hydrogen-bond donors (Lipinski definition) is 2. The van der Waals surface area contributed by atoms with Gasteiger partial charge in [-0.05, 0) is 32.5 Å². The van der Waals surface area contributed by atoms with E-state index in [1.165, 1.54) is 18.2 Å². The maximum absolute atomic E-state index is 12.0. The molecule has 0 unspecified atom stereocenters. The predicted molar refractivity (Wildman–Crippen MR) is 74.5 cm³/mol. The van der Waals surface area contributed by atoms with Crippen LogP contribution in [0.2, 0.25) is 5.02 Å². The molecule has 0 radical (unpaired) electrons. The van der Waals surface area contributed by atoms with Gasteiger partial charge in [-0.25, -0.2) is 0 Å². The number of halogens is 1. The Hall–Kier alpha value is -1.66. The van der Waals surface area contributed by atoms with Gasteiger partial charge in [0.15, 0.2) is 0 Å². The van der Waals surface area contributed by atoms with Crippen molar-refractivity contribution >= 4 is 28.9 Å². The first kappa shape index (κ1) is 15.4. The SMILES string of the molecule is CCNC(C)(C)C(=O)Nc1ccc([N+](=O)[O-])c(Cl)c1. The second-order valence-electron chi connectivity index (χ2n) is 4.53. The number of rotatable bonds is 5. The van der Waals surface area contributed by atoms with E-state index in [0.717, 1.165) is 0 Å². The summed E-state index contributed by atoms with van der Waals surface area (Å²) in [7, 11) is 0. The largest absolute Gasteiger partial charge is 0.324 e. The van der Waals surface area contributed by atoms with Gasteiger partial charge in [0.2, 0.25) is 5.91 Å². The van der Waals surface area contributed by atoms with Gasteiger partial charge in [-0.15, -0.1) is 0 Å². The fourth-order valence-corrected chi connectivity index (χ4v) is 1.79. The molecule has 0 spiro atoms. The zero-order valence-electron chi connectivity index (χ0n) is 11.0. The maximum atomic E-state index is 12.0. The van der Waals surface area contributed by atoms with Crippen LogP contribution >= 0.6 is 11.6 Å². The van der Waals surface area contributed by atoms with E-state index >= 15 is 0 Å². The van der Waals surface area contributed by atoms with Crippen LogP contribution in [0.15, 0.2) is 18.2 Å². The van der Waals surface area contributed by atoms with Crippen molar-refractivity contribution < 1.29 is 9.72 Å². The third-order valence-corrected chi connectivity index (χ3v) is 2.89. The monoisotopic (exact) mass is 285 g/mol. The summed E-state index contributed by atoms with van der Waals surface area (Å²) in [6.45, 7) is 6.05. The lowest BCUT2D eigenvalue weighted by molar-refractivity contribution is -0.384. The molecule has 0 fully saturated rings. The predicted octanol–water partition coefficient (Wildman–Crippen LogP) is 2.57. The number of carbonyl (C=O) groups is 1. The van der Waals surface area contributed by atoms with Gasteiger partial charge < -0.3 is 10.6 Å². The van der Waals surface area contributed by atoms with E-state index in [1.54, 1.807) is 13.8 Å². The summed E-state index contributed by atoms with van der Waals surface area (Å²) < 4.78 is 0. The molecule has 2 N–H and O–H groups in total. The second-order valence-corrected chi connectivity index (χ2v) is 4.94. The van der Waals surface area contributed by atoms with Crippen LogP contribution in [0.3, 0.4) is 0 Å². The van der Waals surface area contributed by atoms with E-state index in [1.807, 2.05) is 6.92 Å². The quantitative estimate of drug-likeness (QED) is 0.643. The highest BCUT2D eigenvalue weighted by Gasteiger charge is 2.26. The van der Waals surface area contributed by atoms with E-state index < -0.39 is 10.5 Å². The molecule has 104 valence electrons. The van der Waals surface area contributed by atoms with Crippen molar-refractivity contribution in [3.63, 3.8) is 0 Å². The molecule has 0 aromatic heterocycles.